The van der Waals surface area contributed by atoms with Gasteiger partial charge in [0, 0.05) is 17.2 Å². The van der Waals surface area contributed by atoms with Gasteiger partial charge in [0.2, 0.25) is 0 Å². The largest absolute Gasteiger partial charge is 0.480 e. The smallest absolute Gasteiger partial charge is 0.322 e. The Morgan fingerprint density at radius 3 is 2.70 bits per heavy atom. The number of carbonyl (C=O) groups excluding carboxylic acids is 1. The molecule has 1 aliphatic carbocycles. The third kappa shape index (κ3) is 3.30. The van der Waals surface area contributed by atoms with Gasteiger partial charge in [-0.3, -0.25) is 9.59 Å². The van der Waals surface area contributed by atoms with E-state index < -0.39 is 18.4 Å². The van der Waals surface area contributed by atoms with Gasteiger partial charge < -0.3 is 15.7 Å². The summed E-state index contributed by atoms with van der Waals surface area (Å²) in [5, 5.41) is 14.6. The van der Waals surface area contributed by atoms with E-state index in [9.17, 15) is 14.0 Å². The summed E-state index contributed by atoms with van der Waals surface area (Å²) in [6.45, 7) is -0.410. The third-order valence-electron chi connectivity index (χ3n) is 5.25. The molecule has 1 amide bonds. The van der Waals surface area contributed by atoms with E-state index in [0.29, 0.717) is 5.56 Å². The van der Waals surface area contributed by atoms with Gasteiger partial charge in [-0.1, -0.05) is 24.3 Å². The topological polar surface area (TPSA) is 78.4 Å². The van der Waals surface area contributed by atoms with Crippen molar-refractivity contribution < 1.29 is 19.1 Å². The molecule has 0 saturated carbocycles. The van der Waals surface area contributed by atoms with Gasteiger partial charge in [0.05, 0.1) is 6.04 Å². The number of rotatable bonds is 4. The van der Waals surface area contributed by atoms with Crippen molar-refractivity contribution in [1.29, 1.82) is 0 Å². The van der Waals surface area contributed by atoms with E-state index in [-0.39, 0.29) is 23.7 Å². The van der Waals surface area contributed by atoms with Crippen LogP contribution in [-0.2, 0) is 4.79 Å². The maximum Gasteiger partial charge on any atom is 0.322 e. The number of carboxylic acid groups (broad SMARTS) is 1. The van der Waals surface area contributed by atoms with Crippen molar-refractivity contribution in [3.63, 3.8) is 0 Å². The van der Waals surface area contributed by atoms with Crippen molar-refractivity contribution in [3.8, 4) is 0 Å². The number of hydrogen-bond donors (Lipinski definition) is 3. The molecule has 1 heterocycles. The Bertz CT molecular complexity index is 924. The second-order valence-electron chi connectivity index (χ2n) is 6.91. The average molecular weight is 366 g/mol. The zero-order valence-electron chi connectivity index (χ0n) is 14.5. The van der Waals surface area contributed by atoms with Crippen molar-refractivity contribution in [2.75, 3.05) is 11.9 Å². The SMILES string of the molecule is O=C(O)CNC(=O)c1ccc2c(c1)C1C=CCC1C(c1ccc(F)cc1)N2. The Balaban J connectivity index is 1.64. The van der Waals surface area contributed by atoms with Crippen LogP contribution >= 0.6 is 0 Å². The standard InChI is InChI=1S/C21H19FN2O3/c22-14-7-4-12(5-8-14)20-16-3-1-2-15(16)17-10-13(6-9-18(17)24-20)21(27)23-11-19(25)26/h1-2,4-10,15-16,20,24H,3,11H2,(H,23,27)(H,25,26). The number of halogens is 1. The van der Waals surface area contributed by atoms with E-state index in [1.54, 1.807) is 18.2 Å². The van der Waals surface area contributed by atoms with E-state index in [1.165, 1.54) is 12.1 Å². The lowest BCUT2D eigenvalue weighted by atomic mass is 9.76. The second kappa shape index (κ2) is 6.87. The number of benzene rings is 2. The quantitative estimate of drug-likeness (QED) is 0.724. The van der Waals surface area contributed by atoms with Crippen LogP contribution in [0.4, 0.5) is 10.1 Å². The van der Waals surface area contributed by atoms with Gasteiger partial charge >= 0.3 is 5.97 Å². The molecule has 2 aromatic carbocycles. The van der Waals surface area contributed by atoms with Crippen LogP contribution < -0.4 is 10.6 Å². The summed E-state index contributed by atoms with van der Waals surface area (Å²) >= 11 is 0. The van der Waals surface area contributed by atoms with Crippen molar-refractivity contribution in [2.24, 2.45) is 5.92 Å². The minimum atomic E-state index is -1.08. The fourth-order valence-electron chi connectivity index (χ4n) is 3.99. The van der Waals surface area contributed by atoms with Crippen LogP contribution in [0.5, 0.6) is 0 Å². The summed E-state index contributed by atoms with van der Waals surface area (Å²) in [6.07, 6.45) is 5.19. The van der Waals surface area contributed by atoms with Crippen LogP contribution in [0.3, 0.4) is 0 Å². The molecule has 3 atom stereocenters. The molecule has 0 spiro atoms. The molecule has 0 fully saturated rings. The van der Waals surface area contributed by atoms with E-state index >= 15 is 0 Å². The highest BCUT2D eigenvalue weighted by molar-refractivity contribution is 5.96. The molecule has 4 rings (SSSR count). The van der Waals surface area contributed by atoms with Gasteiger partial charge in [-0.25, -0.2) is 4.39 Å². The molecule has 3 N–H and O–H groups in total. The third-order valence-corrected chi connectivity index (χ3v) is 5.25. The number of amides is 1. The van der Waals surface area contributed by atoms with Crippen molar-refractivity contribution in [2.45, 2.75) is 18.4 Å². The maximum atomic E-state index is 13.3. The first-order valence-electron chi connectivity index (χ1n) is 8.85. The number of hydrogen-bond acceptors (Lipinski definition) is 3. The number of aliphatic carboxylic acids is 1. The summed E-state index contributed by atoms with van der Waals surface area (Å²) < 4.78 is 13.3. The van der Waals surface area contributed by atoms with Crippen LogP contribution in [0.15, 0.2) is 54.6 Å². The number of carbonyl (C=O) groups is 2. The zero-order chi connectivity index (χ0) is 19.0. The lowest BCUT2D eigenvalue weighted by molar-refractivity contribution is -0.135. The molecule has 0 radical (unpaired) electrons. The van der Waals surface area contributed by atoms with Gasteiger partial charge in [-0.2, -0.15) is 0 Å². The monoisotopic (exact) mass is 366 g/mol. The molecular formula is C21H19FN2O3. The Morgan fingerprint density at radius 1 is 1.19 bits per heavy atom. The van der Waals surface area contributed by atoms with E-state index in [2.05, 4.69) is 22.8 Å². The zero-order valence-corrected chi connectivity index (χ0v) is 14.5. The highest BCUT2D eigenvalue weighted by Gasteiger charge is 2.38. The summed E-state index contributed by atoms with van der Waals surface area (Å²) in [6, 6.07) is 12.0. The number of carboxylic acids is 1. The summed E-state index contributed by atoms with van der Waals surface area (Å²) in [7, 11) is 0. The van der Waals surface area contributed by atoms with Crippen molar-refractivity contribution in [1.82, 2.24) is 5.32 Å². The molecule has 0 aromatic heterocycles. The first-order chi connectivity index (χ1) is 13.0. The van der Waals surface area contributed by atoms with Gasteiger partial charge in [-0.05, 0) is 53.8 Å². The molecule has 0 bridgehead atoms. The molecule has 2 aliphatic rings. The van der Waals surface area contributed by atoms with Crippen LogP contribution in [0.2, 0.25) is 0 Å². The summed E-state index contributed by atoms with van der Waals surface area (Å²) in [5.41, 5.74) is 3.43. The van der Waals surface area contributed by atoms with E-state index in [1.807, 2.05) is 12.1 Å². The molecule has 0 saturated heterocycles. The predicted octanol–water partition coefficient (Wildman–Crippen LogP) is 3.47. The maximum absolute atomic E-state index is 13.3. The van der Waals surface area contributed by atoms with E-state index in [0.717, 1.165) is 23.2 Å². The molecule has 138 valence electrons. The van der Waals surface area contributed by atoms with Gasteiger partial charge in [0.15, 0.2) is 0 Å². The van der Waals surface area contributed by atoms with Crippen LogP contribution in [0.25, 0.3) is 0 Å². The Labute approximate surface area is 155 Å². The fraction of sp³-hybridized carbons (Fsp3) is 0.238. The Kier molecular flexibility index (Phi) is 4.39. The van der Waals surface area contributed by atoms with Gasteiger partial charge in [-0.15, -0.1) is 0 Å². The first kappa shape index (κ1) is 17.3. The van der Waals surface area contributed by atoms with Crippen LogP contribution in [0, 0.1) is 11.7 Å². The van der Waals surface area contributed by atoms with Gasteiger partial charge in [0.25, 0.3) is 5.91 Å². The number of allylic oxidation sites excluding steroid dienone is 2. The average Bonchev–Trinajstić information content (AvgIpc) is 3.16. The summed E-state index contributed by atoms with van der Waals surface area (Å²) in [5.74, 6) is -1.31. The molecule has 1 aliphatic heterocycles. The number of anilines is 1. The highest BCUT2D eigenvalue weighted by Crippen LogP contribution is 2.49. The molecule has 5 nitrogen and oxygen atoms in total. The minimum Gasteiger partial charge on any atom is -0.480 e. The molecule has 27 heavy (non-hydrogen) atoms. The molecule has 2 aromatic rings. The van der Waals surface area contributed by atoms with E-state index in [4.69, 9.17) is 5.11 Å². The highest BCUT2D eigenvalue weighted by atomic mass is 19.1. The summed E-state index contributed by atoms with van der Waals surface area (Å²) in [4.78, 5) is 22.8. The van der Waals surface area contributed by atoms with Crippen molar-refractivity contribution in [3.05, 3.63) is 77.1 Å². The number of fused-ring (bicyclic) bond motifs is 3. The lowest BCUT2D eigenvalue weighted by Gasteiger charge is -2.37. The molecular weight excluding hydrogens is 347 g/mol. The lowest BCUT2D eigenvalue weighted by Crippen LogP contribution is -2.31. The minimum absolute atomic E-state index is 0.0600. The van der Waals surface area contributed by atoms with Crippen LogP contribution in [-0.4, -0.2) is 23.5 Å². The number of nitrogens with one attached hydrogen (secondary N) is 2. The van der Waals surface area contributed by atoms with Crippen molar-refractivity contribution >= 4 is 17.6 Å². The second-order valence-corrected chi connectivity index (χ2v) is 6.91. The van der Waals surface area contributed by atoms with Crippen LogP contribution in [0.1, 0.15) is 39.9 Å². The molecule has 6 heteroatoms. The first-order valence-corrected chi connectivity index (χ1v) is 8.85. The Morgan fingerprint density at radius 2 is 1.96 bits per heavy atom. The normalized spacial score (nSPS) is 22.5. The fourth-order valence-corrected chi connectivity index (χ4v) is 3.99. The Hall–Kier alpha value is -3.15. The van der Waals surface area contributed by atoms with Gasteiger partial charge in [0.1, 0.15) is 12.4 Å². The molecule has 3 unspecified atom stereocenters. The predicted molar refractivity (Wildman–Crippen MR) is 99.2 cm³/mol.